The molecule has 43 heavy (non-hydrogen) atoms. The van der Waals surface area contributed by atoms with Crippen molar-refractivity contribution in [1.82, 2.24) is 0 Å². The first-order chi connectivity index (χ1) is 20.6. The van der Waals surface area contributed by atoms with Gasteiger partial charge in [-0.3, -0.25) is 0 Å². The van der Waals surface area contributed by atoms with E-state index in [0.717, 1.165) is 25.8 Å². The van der Waals surface area contributed by atoms with Crippen LogP contribution in [-0.2, 0) is 10.8 Å². The zero-order valence-corrected chi connectivity index (χ0v) is 30.4. The predicted molar refractivity (Wildman–Crippen MR) is 197 cm³/mol. The maximum absolute atomic E-state index is 2.64. The summed E-state index contributed by atoms with van der Waals surface area (Å²) in [5, 5.41) is 0. The summed E-state index contributed by atoms with van der Waals surface area (Å²) in [6.45, 7) is 20.0. The normalized spacial score (nSPS) is 19.1. The number of aryl methyl sites for hydroxylation is 1. The molecule has 2 aliphatic rings. The fourth-order valence-corrected chi connectivity index (χ4v) is 8.40. The van der Waals surface area contributed by atoms with Crippen molar-refractivity contribution in [3.05, 3.63) is 110 Å². The van der Waals surface area contributed by atoms with Crippen LogP contribution in [0, 0.1) is 12.8 Å². The Labute approximate surface area is 277 Å². The van der Waals surface area contributed by atoms with Gasteiger partial charge in [0.1, 0.15) is 6.54 Å². The lowest BCUT2D eigenvalue weighted by Gasteiger charge is -2.35. The van der Waals surface area contributed by atoms with Crippen LogP contribution in [0.2, 0.25) is 0 Å². The van der Waals surface area contributed by atoms with Gasteiger partial charge in [-0.15, -0.1) is 0 Å². The zero-order chi connectivity index (χ0) is 31.2. The van der Waals surface area contributed by atoms with E-state index in [2.05, 4.69) is 155 Å². The molecule has 0 amide bonds. The Bertz CT molecular complexity index is 1440. The smallest absolute Gasteiger partial charge is 0.195 e. The number of halogens is 1. The number of hydrogen-bond donors (Lipinski definition) is 0. The molecule has 2 heteroatoms. The van der Waals surface area contributed by atoms with Gasteiger partial charge in [0, 0.05) is 33.1 Å². The Hall–Kier alpha value is -2.20. The Kier molecular flexibility index (Phi) is 11.5. The van der Waals surface area contributed by atoms with Crippen LogP contribution in [0.5, 0.6) is 0 Å². The topological polar surface area (TPSA) is 3.01 Å². The van der Waals surface area contributed by atoms with E-state index in [4.69, 9.17) is 0 Å². The summed E-state index contributed by atoms with van der Waals surface area (Å²) in [5.41, 5.74) is 11.7. The van der Waals surface area contributed by atoms with Crippen LogP contribution >= 0.6 is 22.6 Å². The highest BCUT2D eigenvalue weighted by Gasteiger charge is 2.43. The number of allylic oxidation sites excluding steroid dienone is 8. The maximum atomic E-state index is 2.64. The lowest BCUT2D eigenvalue weighted by atomic mass is 9.69. The molecular formula is C41H55IN+. The number of fused-ring (bicyclic) bond motifs is 1. The van der Waals surface area contributed by atoms with Gasteiger partial charge in [-0.2, -0.15) is 4.58 Å². The van der Waals surface area contributed by atoms with E-state index in [-0.39, 0.29) is 10.8 Å². The van der Waals surface area contributed by atoms with Crippen LogP contribution in [-0.4, -0.2) is 16.8 Å². The molecule has 1 heterocycles. The van der Waals surface area contributed by atoms with E-state index in [9.17, 15) is 0 Å². The minimum absolute atomic E-state index is 0.00798. The lowest BCUT2D eigenvalue weighted by Crippen LogP contribution is -2.27. The highest BCUT2D eigenvalue weighted by atomic mass is 127. The Morgan fingerprint density at radius 1 is 0.977 bits per heavy atom. The van der Waals surface area contributed by atoms with Crippen molar-refractivity contribution in [3.63, 3.8) is 0 Å². The van der Waals surface area contributed by atoms with Crippen molar-refractivity contribution in [2.24, 2.45) is 5.92 Å². The molecule has 230 valence electrons. The highest BCUT2D eigenvalue weighted by Crippen LogP contribution is 2.43. The fraction of sp³-hybridized carbons (Fsp3) is 0.488. The first-order valence-corrected chi connectivity index (χ1v) is 17.9. The van der Waals surface area contributed by atoms with Crippen LogP contribution in [0.3, 0.4) is 0 Å². The van der Waals surface area contributed by atoms with Gasteiger partial charge in [-0.05, 0) is 104 Å². The van der Waals surface area contributed by atoms with Gasteiger partial charge in [0.15, 0.2) is 5.71 Å². The second-order valence-corrected chi connectivity index (χ2v) is 14.8. The summed E-state index contributed by atoms with van der Waals surface area (Å²) in [4.78, 5) is 0. The zero-order valence-electron chi connectivity index (χ0n) is 28.2. The Morgan fingerprint density at radius 2 is 1.70 bits per heavy atom. The summed E-state index contributed by atoms with van der Waals surface area (Å²) in [7, 11) is 0. The third-order valence-corrected chi connectivity index (χ3v) is 11.4. The molecular weight excluding hydrogens is 633 g/mol. The monoisotopic (exact) mass is 688 g/mol. The van der Waals surface area contributed by atoms with Crippen molar-refractivity contribution in [2.75, 3.05) is 6.54 Å². The van der Waals surface area contributed by atoms with Crippen molar-refractivity contribution in [3.8, 4) is 0 Å². The summed E-state index contributed by atoms with van der Waals surface area (Å²) in [6.07, 6.45) is 19.6. The van der Waals surface area contributed by atoms with Crippen molar-refractivity contribution in [2.45, 2.75) is 118 Å². The third kappa shape index (κ3) is 7.21. The van der Waals surface area contributed by atoms with E-state index in [0.29, 0.717) is 5.92 Å². The molecule has 0 saturated carbocycles. The summed E-state index contributed by atoms with van der Waals surface area (Å²) < 4.78 is 4.00. The van der Waals surface area contributed by atoms with Crippen molar-refractivity contribution >= 4 is 34.0 Å². The molecule has 0 saturated heterocycles. The fourth-order valence-electron chi connectivity index (χ4n) is 7.50. The predicted octanol–water partition coefficient (Wildman–Crippen LogP) is 12.3. The summed E-state index contributed by atoms with van der Waals surface area (Å²) in [6, 6.07) is 18.0. The number of benzene rings is 2. The molecule has 1 nitrogen and oxygen atoms in total. The highest BCUT2D eigenvalue weighted by molar-refractivity contribution is 14.1. The Morgan fingerprint density at radius 3 is 2.40 bits per heavy atom. The van der Waals surface area contributed by atoms with E-state index in [1.54, 1.807) is 5.57 Å². The van der Waals surface area contributed by atoms with E-state index in [1.807, 2.05) is 0 Å². The standard InChI is InChI=1S/C41H55IN/c1-9-12-19-31(11-3)35(40(5,6)34-22-14-13-18-30(34)4)27-25-32-20-17-21-33(39(32)42)26-28-38-41(7,8)36-23-15-16-24-37(36)43(38)29-10-2/h13-16,18,22-28,31H,9-12,17,19-21,29H2,1-8H3/q+1/b28-26+,32-25+,35-27+. The molecule has 4 rings (SSSR count). The molecule has 1 atom stereocenters. The van der Waals surface area contributed by atoms with Crippen LogP contribution in [0.25, 0.3) is 0 Å². The van der Waals surface area contributed by atoms with Gasteiger partial charge >= 0.3 is 0 Å². The molecule has 1 aliphatic heterocycles. The SMILES string of the molecule is CCCCC(CC)/C(=C\C=C1/CCCC(/C=C/C2=[N+](CCC)c3ccccc3C2(C)C)=C1I)C(C)(C)c1ccccc1C. The molecule has 0 spiro atoms. The van der Waals surface area contributed by atoms with Gasteiger partial charge in [0.05, 0.1) is 5.41 Å². The summed E-state index contributed by atoms with van der Waals surface area (Å²) in [5.74, 6) is 0.600. The minimum Gasteiger partial charge on any atom is -0.195 e. The first kappa shape index (κ1) is 33.7. The Balaban J connectivity index is 1.74. The second kappa shape index (κ2) is 14.7. The molecule has 0 bridgehead atoms. The van der Waals surface area contributed by atoms with E-state index in [1.165, 1.54) is 74.9 Å². The second-order valence-electron chi connectivity index (χ2n) is 13.7. The van der Waals surface area contributed by atoms with Crippen molar-refractivity contribution in [1.29, 1.82) is 0 Å². The summed E-state index contributed by atoms with van der Waals surface area (Å²) >= 11 is 2.64. The van der Waals surface area contributed by atoms with Gasteiger partial charge in [0.25, 0.3) is 0 Å². The number of para-hydroxylation sites is 1. The largest absolute Gasteiger partial charge is 0.209 e. The minimum atomic E-state index is -0.00813. The molecule has 0 radical (unpaired) electrons. The quantitative estimate of drug-likeness (QED) is 0.154. The third-order valence-electron chi connectivity index (χ3n) is 9.99. The lowest BCUT2D eigenvalue weighted by molar-refractivity contribution is -0.437. The first-order valence-electron chi connectivity index (χ1n) is 16.9. The average Bonchev–Trinajstić information content (AvgIpc) is 3.20. The number of hydrogen-bond acceptors (Lipinski definition) is 0. The van der Waals surface area contributed by atoms with Crippen LogP contribution in [0.4, 0.5) is 5.69 Å². The maximum Gasteiger partial charge on any atom is 0.209 e. The van der Waals surface area contributed by atoms with Crippen LogP contribution in [0.15, 0.2) is 93.1 Å². The molecule has 1 aliphatic carbocycles. The van der Waals surface area contributed by atoms with Crippen LogP contribution < -0.4 is 0 Å². The van der Waals surface area contributed by atoms with Gasteiger partial charge in [-0.1, -0.05) is 114 Å². The van der Waals surface area contributed by atoms with E-state index >= 15 is 0 Å². The number of unbranched alkanes of at least 4 members (excludes halogenated alkanes) is 1. The van der Waals surface area contributed by atoms with Gasteiger partial charge in [-0.25, -0.2) is 0 Å². The van der Waals surface area contributed by atoms with Crippen LogP contribution in [0.1, 0.15) is 117 Å². The molecule has 1 unspecified atom stereocenters. The molecule has 0 N–H and O–H groups in total. The number of rotatable bonds is 12. The molecule has 0 fully saturated rings. The van der Waals surface area contributed by atoms with Crippen molar-refractivity contribution < 1.29 is 4.58 Å². The van der Waals surface area contributed by atoms with Gasteiger partial charge < -0.3 is 0 Å². The number of nitrogens with zero attached hydrogens (tertiary/aromatic N) is 1. The molecule has 2 aromatic rings. The molecule has 2 aromatic carbocycles. The molecule has 0 aromatic heterocycles. The van der Waals surface area contributed by atoms with Gasteiger partial charge in [0.2, 0.25) is 5.69 Å². The van der Waals surface area contributed by atoms with E-state index < -0.39 is 0 Å². The average molecular weight is 689 g/mol.